The minimum atomic E-state index is -3.60. The van der Waals surface area contributed by atoms with Gasteiger partial charge in [-0.2, -0.15) is 4.31 Å². The van der Waals surface area contributed by atoms with Gasteiger partial charge in [-0.25, -0.2) is 13.4 Å². The van der Waals surface area contributed by atoms with Crippen LogP contribution < -0.4 is 0 Å². The minimum absolute atomic E-state index is 0.00751. The summed E-state index contributed by atoms with van der Waals surface area (Å²) in [5.41, 5.74) is 0.588. The van der Waals surface area contributed by atoms with Gasteiger partial charge in [0.15, 0.2) is 5.03 Å². The van der Waals surface area contributed by atoms with Crippen molar-refractivity contribution in [2.45, 2.75) is 25.1 Å². The van der Waals surface area contributed by atoms with E-state index in [0.29, 0.717) is 18.7 Å². The predicted octanol–water partition coefficient (Wildman–Crippen LogP) is 1.85. The molecule has 2 aromatic heterocycles. The van der Waals surface area contributed by atoms with Crippen molar-refractivity contribution in [3.63, 3.8) is 0 Å². The van der Waals surface area contributed by atoms with Crippen LogP contribution in [0, 0.1) is 0 Å². The average molecular weight is 312 g/mol. The number of pyridine rings is 1. The number of thiophene rings is 1. The molecule has 108 valence electrons. The number of hydrogen-bond acceptors (Lipinski definition) is 5. The Kier molecular flexibility index (Phi) is 4.87. The van der Waals surface area contributed by atoms with Crippen LogP contribution in [0.1, 0.15) is 17.4 Å². The largest absolute Gasteiger partial charge is 0.392 e. The maximum Gasteiger partial charge on any atom is 0.260 e. The standard InChI is InChI=1S/C13H16N2O3S2/c1-2-15(9-12-4-3-7-19-12)20(17,18)13-6-5-11(10-16)8-14-13/h3-8,16H,2,9-10H2,1H3. The van der Waals surface area contributed by atoms with E-state index in [2.05, 4.69) is 4.98 Å². The predicted molar refractivity (Wildman–Crippen MR) is 77.7 cm³/mol. The molecule has 0 saturated heterocycles. The summed E-state index contributed by atoms with van der Waals surface area (Å²) in [6, 6.07) is 6.80. The summed E-state index contributed by atoms with van der Waals surface area (Å²) in [5.74, 6) is 0. The van der Waals surface area contributed by atoms with Crippen LogP contribution >= 0.6 is 11.3 Å². The molecule has 0 bridgehead atoms. The Bertz CT molecular complexity index is 637. The van der Waals surface area contributed by atoms with Gasteiger partial charge in [0.05, 0.1) is 6.61 Å². The van der Waals surface area contributed by atoms with Gasteiger partial charge in [0.25, 0.3) is 10.0 Å². The van der Waals surface area contributed by atoms with Crippen molar-refractivity contribution >= 4 is 21.4 Å². The van der Waals surface area contributed by atoms with Crippen LogP contribution in [-0.2, 0) is 23.2 Å². The summed E-state index contributed by atoms with van der Waals surface area (Å²) in [4.78, 5) is 4.92. The van der Waals surface area contributed by atoms with Gasteiger partial charge in [-0.1, -0.05) is 19.1 Å². The molecule has 0 saturated carbocycles. The van der Waals surface area contributed by atoms with Gasteiger partial charge in [0.1, 0.15) is 0 Å². The zero-order valence-electron chi connectivity index (χ0n) is 11.1. The molecule has 7 heteroatoms. The fourth-order valence-electron chi connectivity index (χ4n) is 1.73. The molecule has 0 radical (unpaired) electrons. The van der Waals surface area contributed by atoms with E-state index in [0.717, 1.165) is 4.88 Å². The van der Waals surface area contributed by atoms with Crippen molar-refractivity contribution in [1.82, 2.24) is 9.29 Å². The van der Waals surface area contributed by atoms with E-state index in [9.17, 15) is 8.42 Å². The number of aliphatic hydroxyl groups is 1. The van der Waals surface area contributed by atoms with Gasteiger partial charge in [-0.3, -0.25) is 0 Å². The van der Waals surface area contributed by atoms with Crippen molar-refractivity contribution in [1.29, 1.82) is 0 Å². The lowest BCUT2D eigenvalue weighted by molar-refractivity contribution is 0.281. The number of sulfonamides is 1. The Hall–Kier alpha value is -1.28. The van der Waals surface area contributed by atoms with Crippen LogP contribution in [0.5, 0.6) is 0 Å². The van der Waals surface area contributed by atoms with Crippen molar-refractivity contribution in [3.05, 3.63) is 46.3 Å². The van der Waals surface area contributed by atoms with E-state index in [-0.39, 0.29) is 11.6 Å². The molecule has 2 rings (SSSR count). The molecule has 0 amide bonds. The summed E-state index contributed by atoms with van der Waals surface area (Å²) >= 11 is 1.52. The highest BCUT2D eigenvalue weighted by atomic mass is 32.2. The summed E-state index contributed by atoms with van der Waals surface area (Å²) < 4.78 is 26.4. The number of rotatable bonds is 6. The summed E-state index contributed by atoms with van der Waals surface area (Å²) in [6.45, 7) is 2.37. The molecule has 2 aromatic rings. The van der Waals surface area contributed by atoms with Crippen molar-refractivity contribution < 1.29 is 13.5 Å². The molecule has 0 aliphatic rings. The molecule has 0 atom stereocenters. The van der Waals surface area contributed by atoms with Crippen LogP contribution in [0.2, 0.25) is 0 Å². The first-order valence-corrected chi connectivity index (χ1v) is 8.48. The highest BCUT2D eigenvalue weighted by Crippen LogP contribution is 2.19. The number of aromatic nitrogens is 1. The Morgan fingerprint density at radius 2 is 2.15 bits per heavy atom. The van der Waals surface area contributed by atoms with Gasteiger partial charge < -0.3 is 5.11 Å². The Morgan fingerprint density at radius 3 is 2.65 bits per heavy atom. The topological polar surface area (TPSA) is 70.5 Å². The lowest BCUT2D eigenvalue weighted by Crippen LogP contribution is -2.30. The normalized spacial score (nSPS) is 11.9. The maximum absolute atomic E-state index is 12.5. The van der Waals surface area contributed by atoms with Crippen molar-refractivity contribution in [2.75, 3.05) is 6.54 Å². The highest BCUT2D eigenvalue weighted by molar-refractivity contribution is 7.89. The third kappa shape index (κ3) is 3.24. The summed E-state index contributed by atoms with van der Waals surface area (Å²) in [7, 11) is -3.60. The second-order valence-electron chi connectivity index (χ2n) is 4.17. The van der Waals surface area contributed by atoms with Gasteiger partial charge in [0, 0.05) is 24.2 Å². The van der Waals surface area contributed by atoms with Crippen molar-refractivity contribution in [2.24, 2.45) is 0 Å². The minimum Gasteiger partial charge on any atom is -0.392 e. The summed E-state index contributed by atoms with van der Waals surface area (Å²) in [5, 5.41) is 10.9. The molecular formula is C13H16N2O3S2. The zero-order chi connectivity index (χ0) is 14.6. The smallest absolute Gasteiger partial charge is 0.260 e. The molecule has 0 aliphatic heterocycles. The average Bonchev–Trinajstić information content (AvgIpc) is 2.97. The molecule has 5 nitrogen and oxygen atoms in total. The SMILES string of the molecule is CCN(Cc1cccs1)S(=O)(=O)c1ccc(CO)cn1. The number of aliphatic hydroxyl groups excluding tert-OH is 1. The molecule has 0 unspecified atom stereocenters. The Balaban J connectivity index is 2.26. The molecular weight excluding hydrogens is 296 g/mol. The third-order valence-corrected chi connectivity index (χ3v) is 5.55. The second kappa shape index (κ2) is 6.45. The highest BCUT2D eigenvalue weighted by Gasteiger charge is 2.24. The third-order valence-electron chi connectivity index (χ3n) is 2.85. The molecule has 0 aliphatic carbocycles. The van der Waals surface area contributed by atoms with Crippen LogP contribution in [-0.4, -0.2) is 29.4 Å². The first kappa shape index (κ1) is 15.1. The maximum atomic E-state index is 12.5. The van der Waals surface area contributed by atoms with E-state index < -0.39 is 10.0 Å². The lowest BCUT2D eigenvalue weighted by Gasteiger charge is -2.19. The van der Waals surface area contributed by atoms with E-state index in [4.69, 9.17) is 5.11 Å². The van der Waals surface area contributed by atoms with Crippen LogP contribution in [0.4, 0.5) is 0 Å². The van der Waals surface area contributed by atoms with E-state index in [1.807, 2.05) is 17.5 Å². The van der Waals surface area contributed by atoms with E-state index >= 15 is 0 Å². The first-order valence-electron chi connectivity index (χ1n) is 6.16. The molecule has 20 heavy (non-hydrogen) atoms. The molecule has 1 N–H and O–H groups in total. The van der Waals surface area contributed by atoms with Crippen molar-refractivity contribution in [3.8, 4) is 0 Å². The second-order valence-corrected chi connectivity index (χ2v) is 7.09. The van der Waals surface area contributed by atoms with Crippen LogP contribution in [0.15, 0.2) is 40.9 Å². The molecule has 0 aromatic carbocycles. The van der Waals surface area contributed by atoms with Gasteiger partial charge in [-0.05, 0) is 23.1 Å². The number of hydrogen-bond donors (Lipinski definition) is 1. The fourth-order valence-corrected chi connectivity index (χ4v) is 3.87. The van der Waals surface area contributed by atoms with E-state index in [1.165, 1.54) is 27.9 Å². The van der Waals surface area contributed by atoms with E-state index in [1.54, 1.807) is 13.0 Å². The fraction of sp³-hybridized carbons (Fsp3) is 0.308. The Labute approximate surface area is 122 Å². The monoisotopic (exact) mass is 312 g/mol. The van der Waals surface area contributed by atoms with Crippen LogP contribution in [0.3, 0.4) is 0 Å². The van der Waals surface area contributed by atoms with Gasteiger partial charge in [-0.15, -0.1) is 11.3 Å². The molecule has 2 heterocycles. The van der Waals surface area contributed by atoms with Crippen LogP contribution in [0.25, 0.3) is 0 Å². The Morgan fingerprint density at radius 1 is 1.35 bits per heavy atom. The number of nitrogens with zero attached hydrogens (tertiary/aromatic N) is 2. The van der Waals surface area contributed by atoms with Gasteiger partial charge >= 0.3 is 0 Å². The van der Waals surface area contributed by atoms with Gasteiger partial charge in [0.2, 0.25) is 0 Å². The zero-order valence-corrected chi connectivity index (χ0v) is 12.7. The molecule has 0 spiro atoms. The quantitative estimate of drug-likeness (QED) is 0.883. The molecule has 0 fully saturated rings. The first-order chi connectivity index (χ1) is 9.57. The summed E-state index contributed by atoms with van der Waals surface area (Å²) in [6.07, 6.45) is 1.38. The lowest BCUT2D eigenvalue weighted by atomic mass is 10.3.